The van der Waals surface area contributed by atoms with Crippen LogP contribution in [0, 0.1) is 11.3 Å². The Morgan fingerprint density at radius 3 is 2.14 bits per heavy atom. The molecule has 0 aromatic rings. The van der Waals surface area contributed by atoms with Gasteiger partial charge in [0.15, 0.2) is 0 Å². The van der Waals surface area contributed by atoms with Gasteiger partial charge in [-0.15, -0.1) is 0 Å². The van der Waals surface area contributed by atoms with Gasteiger partial charge in [-0.05, 0) is 18.8 Å². The molecule has 0 aliphatic carbocycles. The third-order valence-electron chi connectivity index (χ3n) is 5.23. The number of hydrogen-bond donors (Lipinski definition) is 1. The van der Waals surface area contributed by atoms with Crippen LogP contribution in [0.25, 0.3) is 0 Å². The van der Waals surface area contributed by atoms with E-state index in [0.717, 1.165) is 25.9 Å². The van der Waals surface area contributed by atoms with Crippen molar-refractivity contribution >= 4 is 11.8 Å². The van der Waals surface area contributed by atoms with Crippen LogP contribution in [-0.2, 0) is 14.3 Å². The Bertz CT molecular complexity index is 413. The molecule has 0 aromatic carbocycles. The minimum absolute atomic E-state index is 0.0712. The van der Waals surface area contributed by atoms with E-state index >= 15 is 0 Å². The first-order valence-corrected chi connectivity index (χ1v) is 8.27. The van der Waals surface area contributed by atoms with Gasteiger partial charge in [-0.25, -0.2) is 0 Å². The molecule has 6 heteroatoms. The minimum Gasteiger partial charge on any atom is -0.378 e. The first-order chi connectivity index (χ1) is 10.4. The van der Waals surface area contributed by atoms with Crippen LogP contribution in [0.5, 0.6) is 0 Å². The number of nitrogens with two attached hydrogens (primary N) is 1. The lowest BCUT2D eigenvalue weighted by atomic mass is 9.74. The third-order valence-corrected chi connectivity index (χ3v) is 5.23. The predicted molar refractivity (Wildman–Crippen MR) is 84.1 cm³/mol. The van der Waals surface area contributed by atoms with Gasteiger partial charge in [0.2, 0.25) is 11.8 Å². The summed E-state index contributed by atoms with van der Waals surface area (Å²) in [6, 6.07) is -0.653. The average Bonchev–Trinajstić information content (AvgIpc) is 3.07. The monoisotopic (exact) mass is 311 g/mol. The van der Waals surface area contributed by atoms with E-state index < -0.39 is 11.5 Å². The quantitative estimate of drug-likeness (QED) is 0.818. The Hall–Kier alpha value is -1.14. The lowest BCUT2D eigenvalue weighted by Gasteiger charge is -2.38. The number of morpholine rings is 1. The Morgan fingerprint density at radius 2 is 1.59 bits per heavy atom. The van der Waals surface area contributed by atoms with E-state index in [1.165, 1.54) is 0 Å². The fourth-order valence-corrected chi connectivity index (χ4v) is 3.18. The topological polar surface area (TPSA) is 75.9 Å². The standard InChI is InChI=1S/C16H29N3O3/c1-12(13(17)14(20)18-8-10-22-11-9-18)16(2,3)15(21)19-6-4-5-7-19/h12-13H,4-11,17H2,1-3H3. The van der Waals surface area contributed by atoms with Gasteiger partial charge in [-0.1, -0.05) is 20.8 Å². The highest BCUT2D eigenvalue weighted by Crippen LogP contribution is 2.32. The van der Waals surface area contributed by atoms with Crippen LogP contribution in [0.1, 0.15) is 33.6 Å². The number of hydrogen-bond acceptors (Lipinski definition) is 4. The molecule has 0 radical (unpaired) electrons. The smallest absolute Gasteiger partial charge is 0.239 e. The van der Waals surface area contributed by atoms with Crippen LogP contribution in [0.4, 0.5) is 0 Å². The van der Waals surface area contributed by atoms with E-state index in [0.29, 0.717) is 26.3 Å². The van der Waals surface area contributed by atoms with E-state index in [2.05, 4.69) is 0 Å². The van der Waals surface area contributed by atoms with Gasteiger partial charge in [0.05, 0.1) is 19.3 Å². The second kappa shape index (κ2) is 6.96. The van der Waals surface area contributed by atoms with Crippen LogP contribution >= 0.6 is 0 Å². The van der Waals surface area contributed by atoms with Crippen molar-refractivity contribution < 1.29 is 14.3 Å². The number of ether oxygens (including phenoxy) is 1. The second-order valence-corrected chi connectivity index (χ2v) is 6.97. The van der Waals surface area contributed by atoms with Gasteiger partial charge < -0.3 is 20.3 Å². The Kier molecular flexibility index (Phi) is 5.45. The molecule has 2 aliphatic heterocycles. The summed E-state index contributed by atoms with van der Waals surface area (Å²) in [4.78, 5) is 28.9. The molecule has 0 aromatic heterocycles. The zero-order valence-electron chi connectivity index (χ0n) is 14.0. The molecule has 2 fully saturated rings. The number of carbonyl (C=O) groups excluding carboxylic acids is 2. The normalized spacial score (nSPS) is 22.5. The zero-order chi connectivity index (χ0) is 16.3. The van der Waals surface area contributed by atoms with Crippen molar-refractivity contribution in [3.8, 4) is 0 Å². The van der Waals surface area contributed by atoms with Crippen LogP contribution < -0.4 is 5.73 Å². The van der Waals surface area contributed by atoms with Crippen molar-refractivity contribution in [1.29, 1.82) is 0 Å². The summed E-state index contributed by atoms with van der Waals surface area (Å²) in [5.74, 6) is -0.170. The lowest BCUT2D eigenvalue weighted by molar-refractivity contribution is -0.146. The maximum absolute atomic E-state index is 12.7. The summed E-state index contributed by atoms with van der Waals surface area (Å²) in [7, 11) is 0. The van der Waals surface area contributed by atoms with E-state index in [1.54, 1.807) is 4.90 Å². The molecular weight excluding hydrogens is 282 g/mol. The highest BCUT2D eigenvalue weighted by molar-refractivity contribution is 5.86. The molecule has 2 unspecified atom stereocenters. The van der Waals surface area contributed by atoms with Gasteiger partial charge in [0.1, 0.15) is 0 Å². The van der Waals surface area contributed by atoms with Crippen molar-refractivity contribution in [2.75, 3.05) is 39.4 Å². The van der Waals surface area contributed by atoms with E-state index in [1.807, 2.05) is 25.7 Å². The molecule has 22 heavy (non-hydrogen) atoms. The van der Waals surface area contributed by atoms with Crippen molar-refractivity contribution in [3.63, 3.8) is 0 Å². The van der Waals surface area contributed by atoms with E-state index in [-0.39, 0.29) is 17.7 Å². The SMILES string of the molecule is CC(C(N)C(=O)N1CCOCC1)C(C)(C)C(=O)N1CCCC1. The van der Waals surface area contributed by atoms with Gasteiger partial charge >= 0.3 is 0 Å². The number of carbonyl (C=O) groups is 2. The van der Waals surface area contributed by atoms with Gasteiger partial charge in [-0.2, -0.15) is 0 Å². The molecule has 6 nitrogen and oxygen atoms in total. The molecule has 2 atom stereocenters. The van der Waals surface area contributed by atoms with Gasteiger partial charge in [0, 0.05) is 31.6 Å². The van der Waals surface area contributed by atoms with Crippen LogP contribution in [0.15, 0.2) is 0 Å². The van der Waals surface area contributed by atoms with Gasteiger partial charge in [0.25, 0.3) is 0 Å². The molecular formula is C16H29N3O3. The molecule has 2 rings (SSSR count). The molecule has 2 saturated heterocycles. The van der Waals surface area contributed by atoms with Crippen LogP contribution in [0.2, 0.25) is 0 Å². The lowest BCUT2D eigenvalue weighted by Crippen LogP contribution is -2.55. The number of nitrogens with zero attached hydrogens (tertiary/aromatic N) is 2. The summed E-state index contributed by atoms with van der Waals surface area (Å²) in [5.41, 5.74) is 5.58. The molecule has 126 valence electrons. The largest absolute Gasteiger partial charge is 0.378 e. The van der Waals surface area contributed by atoms with E-state index in [9.17, 15) is 9.59 Å². The highest BCUT2D eigenvalue weighted by atomic mass is 16.5. The molecule has 2 heterocycles. The second-order valence-electron chi connectivity index (χ2n) is 6.97. The summed E-state index contributed by atoms with van der Waals surface area (Å²) in [6.07, 6.45) is 2.13. The number of likely N-dealkylation sites (tertiary alicyclic amines) is 1. The maximum Gasteiger partial charge on any atom is 0.239 e. The first kappa shape index (κ1) is 17.2. The van der Waals surface area contributed by atoms with Crippen molar-refractivity contribution in [2.24, 2.45) is 17.1 Å². The number of amides is 2. The summed E-state index contributed by atoms with van der Waals surface area (Å²) in [6.45, 7) is 9.65. The predicted octanol–water partition coefficient (Wildman–Crippen LogP) is 0.457. The molecule has 2 aliphatic rings. The Morgan fingerprint density at radius 1 is 1.05 bits per heavy atom. The highest BCUT2D eigenvalue weighted by Gasteiger charge is 2.43. The summed E-state index contributed by atoms with van der Waals surface area (Å²) < 4.78 is 5.27. The van der Waals surface area contributed by atoms with Crippen molar-refractivity contribution in [1.82, 2.24) is 9.80 Å². The fraction of sp³-hybridized carbons (Fsp3) is 0.875. The van der Waals surface area contributed by atoms with E-state index in [4.69, 9.17) is 10.5 Å². The summed E-state index contributed by atoms with van der Waals surface area (Å²) >= 11 is 0. The first-order valence-electron chi connectivity index (χ1n) is 8.27. The zero-order valence-corrected chi connectivity index (χ0v) is 14.0. The Balaban J connectivity index is 2.02. The average molecular weight is 311 g/mol. The molecule has 0 spiro atoms. The molecule has 2 N–H and O–H groups in total. The minimum atomic E-state index is -0.653. The fourth-order valence-electron chi connectivity index (χ4n) is 3.18. The van der Waals surface area contributed by atoms with Crippen molar-refractivity contribution in [3.05, 3.63) is 0 Å². The molecule has 2 amide bonds. The molecule has 0 bridgehead atoms. The van der Waals surface area contributed by atoms with Crippen LogP contribution in [0.3, 0.4) is 0 Å². The Labute approximate surface area is 132 Å². The van der Waals surface area contributed by atoms with Crippen molar-refractivity contribution in [2.45, 2.75) is 39.7 Å². The van der Waals surface area contributed by atoms with Gasteiger partial charge in [-0.3, -0.25) is 9.59 Å². The summed E-state index contributed by atoms with van der Waals surface area (Å²) in [5, 5.41) is 0. The molecule has 0 saturated carbocycles. The third kappa shape index (κ3) is 3.43. The maximum atomic E-state index is 12.7. The van der Waals surface area contributed by atoms with Crippen LogP contribution in [-0.4, -0.2) is 67.0 Å². The number of rotatable bonds is 4.